The molecule has 5 nitrogen and oxygen atoms in total. The minimum atomic E-state index is -0.218. The van der Waals surface area contributed by atoms with Crippen LogP contribution in [0.1, 0.15) is 21.6 Å². The molecular weight excluding hydrogens is 312 g/mol. The largest absolute Gasteiger partial charge is 0.347 e. The Morgan fingerprint density at radius 2 is 1.76 bits per heavy atom. The summed E-state index contributed by atoms with van der Waals surface area (Å²) < 4.78 is 0. The van der Waals surface area contributed by atoms with E-state index in [2.05, 4.69) is 32.5 Å². The number of nitrogens with zero attached hydrogens (tertiary/aromatic N) is 3. The molecule has 0 radical (unpaired) electrons. The number of carbonyl (C=O) groups is 1. The molecule has 124 valence electrons. The van der Waals surface area contributed by atoms with Gasteiger partial charge in [0.15, 0.2) is 11.5 Å². The molecule has 0 unspecified atom stereocenters. The summed E-state index contributed by atoms with van der Waals surface area (Å²) in [5.74, 6) is 0.550. The molecule has 0 fully saturated rings. The van der Waals surface area contributed by atoms with Crippen LogP contribution in [0.25, 0.3) is 0 Å². The second-order valence-electron chi connectivity index (χ2n) is 5.98. The fourth-order valence-corrected chi connectivity index (χ4v) is 3.04. The molecule has 1 aromatic heterocycles. The summed E-state index contributed by atoms with van der Waals surface area (Å²) in [6.07, 6.45) is 0.997. The molecule has 1 amide bonds. The highest BCUT2D eigenvalue weighted by molar-refractivity contribution is 5.92. The van der Waals surface area contributed by atoms with Crippen molar-refractivity contribution in [2.45, 2.75) is 13.0 Å². The molecule has 2 heterocycles. The summed E-state index contributed by atoms with van der Waals surface area (Å²) in [5.41, 5.74) is 3.85. The zero-order valence-electron chi connectivity index (χ0n) is 13.7. The van der Waals surface area contributed by atoms with Crippen molar-refractivity contribution in [2.24, 2.45) is 0 Å². The average molecular weight is 330 g/mol. The van der Waals surface area contributed by atoms with E-state index in [9.17, 15) is 4.79 Å². The zero-order valence-corrected chi connectivity index (χ0v) is 13.7. The summed E-state index contributed by atoms with van der Waals surface area (Å²) in [6, 6.07) is 21.7. The Morgan fingerprint density at radius 1 is 0.960 bits per heavy atom. The van der Waals surface area contributed by atoms with Crippen LogP contribution in [0, 0.1) is 0 Å². The lowest BCUT2D eigenvalue weighted by Crippen LogP contribution is -2.24. The van der Waals surface area contributed by atoms with E-state index in [-0.39, 0.29) is 5.91 Å². The summed E-state index contributed by atoms with van der Waals surface area (Å²) in [4.78, 5) is 14.4. The first-order valence-electron chi connectivity index (χ1n) is 8.32. The molecule has 0 bridgehead atoms. The number of amides is 1. The SMILES string of the molecule is O=C(NCc1ccccc1)c1ccc(N2CCc3ccccc32)nn1. The molecule has 25 heavy (non-hydrogen) atoms. The monoisotopic (exact) mass is 330 g/mol. The number of aromatic nitrogens is 2. The van der Waals surface area contributed by atoms with Crippen LogP contribution in [0.2, 0.25) is 0 Å². The topological polar surface area (TPSA) is 58.1 Å². The summed E-state index contributed by atoms with van der Waals surface area (Å²) >= 11 is 0. The van der Waals surface area contributed by atoms with E-state index in [1.54, 1.807) is 6.07 Å². The van der Waals surface area contributed by atoms with Gasteiger partial charge in [-0.05, 0) is 35.7 Å². The Balaban J connectivity index is 1.45. The lowest BCUT2D eigenvalue weighted by molar-refractivity contribution is 0.0945. The Bertz CT molecular complexity index is 878. The van der Waals surface area contributed by atoms with Gasteiger partial charge < -0.3 is 10.2 Å². The fraction of sp³-hybridized carbons (Fsp3) is 0.150. The van der Waals surface area contributed by atoms with E-state index in [0.29, 0.717) is 12.2 Å². The Morgan fingerprint density at radius 3 is 2.56 bits per heavy atom. The van der Waals surface area contributed by atoms with Gasteiger partial charge in [-0.2, -0.15) is 0 Å². The quantitative estimate of drug-likeness (QED) is 0.798. The Labute approximate surface area is 146 Å². The van der Waals surface area contributed by atoms with E-state index in [4.69, 9.17) is 0 Å². The first-order chi connectivity index (χ1) is 12.3. The predicted octanol–water partition coefficient (Wildman–Crippen LogP) is 3.10. The Hall–Kier alpha value is -3.21. The van der Waals surface area contributed by atoms with Crippen molar-refractivity contribution < 1.29 is 4.79 Å². The highest BCUT2D eigenvalue weighted by Gasteiger charge is 2.21. The minimum absolute atomic E-state index is 0.218. The maximum absolute atomic E-state index is 12.2. The van der Waals surface area contributed by atoms with Crippen LogP contribution in [0.5, 0.6) is 0 Å². The van der Waals surface area contributed by atoms with Crippen molar-refractivity contribution in [3.05, 3.63) is 83.6 Å². The van der Waals surface area contributed by atoms with Gasteiger partial charge in [-0.1, -0.05) is 48.5 Å². The second kappa shape index (κ2) is 6.73. The van der Waals surface area contributed by atoms with Crippen molar-refractivity contribution in [1.29, 1.82) is 0 Å². The van der Waals surface area contributed by atoms with Gasteiger partial charge in [0.1, 0.15) is 0 Å². The first-order valence-corrected chi connectivity index (χ1v) is 8.32. The zero-order chi connectivity index (χ0) is 17.1. The van der Waals surface area contributed by atoms with Crippen LogP contribution in [0.15, 0.2) is 66.7 Å². The maximum Gasteiger partial charge on any atom is 0.272 e. The molecule has 4 rings (SSSR count). The highest BCUT2D eigenvalue weighted by Crippen LogP contribution is 2.32. The lowest BCUT2D eigenvalue weighted by Gasteiger charge is -2.17. The van der Waals surface area contributed by atoms with Crippen molar-refractivity contribution >= 4 is 17.4 Å². The molecule has 0 saturated carbocycles. The lowest BCUT2D eigenvalue weighted by atomic mass is 10.2. The van der Waals surface area contributed by atoms with E-state index < -0.39 is 0 Å². The molecule has 5 heteroatoms. The van der Waals surface area contributed by atoms with Gasteiger partial charge in [-0.15, -0.1) is 10.2 Å². The van der Waals surface area contributed by atoms with Crippen molar-refractivity contribution in [1.82, 2.24) is 15.5 Å². The smallest absolute Gasteiger partial charge is 0.272 e. The van der Waals surface area contributed by atoms with Crippen LogP contribution in [-0.4, -0.2) is 22.6 Å². The normalized spacial score (nSPS) is 12.7. The molecule has 0 aliphatic carbocycles. The maximum atomic E-state index is 12.2. The molecular formula is C20H18N4O. The third-order valence-corrected chi connectivity index (χ3v) is 4.34. The molecule has 3 aromatic rings. The number of anilines is 2. The number of rotatable bonds is 4. The van der Waals surface area contributed by atoms with Crippen LogP contribution < -0.4 is 10.2 Å². The van der Waals surface area contributed by atoms with Crippen LogP contribution in [-0.2, 0) is 13.0 Å². The minimum Gasteiger partial charge on any atom is -0.347 e. The number of hydrogen-bond acceptors (Lipinski definition) is 4. The molecule has 1 aliphatic rings. The molecule has 2 aromatic carbocycles. The molecule has 1 aliphatic heterocycles. The van der Waals surface area contributed by atoms with E-state index in [1.807, 2.05) is 48.5 Å². The van der Waals surface area contributed by atoms with Gasteiger partial charge in [0.2, 0.25) is 0 Å². The highest BCUT2D eigenvalue weighted by atomic mass is 16.1. The van der Waals surface area contributed by atoms with Gasteiger partial charge in [-0.25, -0.2) is 0 Å². The number of benzene rings is 2. The van der Waals surface area contributed by atoms with Gasteiger partial charge in [0, 0.05) is 18.8 Å². The van der Waals surface area contributed by atoms with Gasteiger partial charge in [0.05, 0.1) is 0 Å². The summed E-state index contributed by atoms with van der Waals surface area (Å²) in [7, 11) is 0. The fourth-order valence-electron chi connectivity index (χ4n) is 3.04. The number of hydrogen-bond donors (Lipinski definition) is 1. The van der Waals surface area contributed by atoms with Crippen molar-refractivity contribution in [2.75, 3.05) is 11.4 Å². The number of fused-ring (bicyclic) bond motifs is 1. The van der Waals surface area contributed by atoms with E-state index in [0.717, 1.165) is 30.0 Å². The molecule has 1 N–H and O–H groups in total. The van der Waals surface area contributed by atoms with Gasteiger partial charge in [-0.3, -0.25) is 4.79 Å². The van der Waals surface area contributed by atoms with Crippen LogP contribution in [0.4, 0.5) is 11.5 Å². The standard InChI is InChI=1S/C20H18N4O/c25-20(21-14-15-6-2-1-3-7-15)17-10-11-19(23-22-17)24-13-12-16-8-4-5-9-18(16)24/h1-11H,12-14H2,(H,21,25). The van der Waals surface area contributed by atoms with Crippen molar-refractivity contribution in [3.8, 4) is 0 Å². The predicted molar refractivity (Wildman–Crippen MR) is 96.8 cm³/mol. The van der Waals surface area contributed by atoms with Gasteiger partial charge in [0.25, 0.3) is 5.91 Å². The Kier molecular flexibility index (Phi) is 4.12. The first kappa shape index (κ1) is 15.3. The number of carbonyl (C=O) groups excluding carboxylic acids is 1. The van der Waals surface area contributed by atoms with Crippen LogP contribution in [0.3, 0.4) is 0 Å². The van der Waals surface area contributed by atoms with E-state index >= 15 is 0 Å². The third-order valence-electron chi connectivity index (χ3n) is 4.34. The molecule has 0 saturated heterocycles. The summed E-state index contributed by atoms with van der Waals surface area (Å²) in [5, 5.41) is 11.2. The number of para-hydroxylation sites is 1. The molecule has 0 atom stereocenters. The molecule has 0 spiro atoms. The number of nitrogens with one attached hydrogen (secondary N) is 1. The van der Waals surface area contributed by atoms with Gasteiger partial charge >= 0.3 is 0 Å². The average Bonchev–Trinajstić information content (AvgIpc) is 3.11. The van der Waals surface area contributed by atoms with Crippen molar-refractivity contribution in [3.63, 3.8) is 0 Å². The summed E-state index contributed by atoms with van der Waals surface area (Å²) in [6.45, 7) is 1.36. The van der Waals surface area contributed by atoms with Crippen LogP contribution >= 0.6 is 0 Å². The second-order valence-corrected chi connectivity index (χ2v) is 5.98. The third kappa shape index (κ3) is 3.21. The van der Waals surface area contributed by atoms with E-state index in [1.165, 1.54) is 5.56 Å².